The highest BCUT2D eigenvalue weighted by Crippen LogP contribution is 2.58. The average molecular weight is 186 g/mol. The topological polar surface area (TPSA) is 3.24 Å². The van der Waals surface area contributed by atoms with Gasteiger partial charge in [0, 0.05) is 5.54 Å². The first-order valence-corrected chi connectivity index (χ1v) is 4.85. The predicted octanol–water partition coefficient (Wildman–Crippen LogP) is -1.00. The van der Waals surface area contributed by atoms with Crippen LogP contribution >= 0.6 is 0 Å². The number of rotatable bonds is 0. The molecule has 15 heavy (non-hydrogen) atoms. The van der Waals surface area contributed by atoms with Gasteiger partial charge in [-0.2, -0.15) is 0 Å². The van der Waals surface area contributed by atoms with Gasteiger partial charge in [-0.3, -0.25) is 0 Å². The fraction of sp³-hybridized carbons (Fsp3) is 1.00. The standard InChI is InChI=1S/C8H11B6N/c1-5(2,3)15-4-6(9,10)7(11,12)8(15,13)14/h4H2,1-3H3. The van der Waals surface area contributed by atoms with E-state index in [1.54, 1.807) is 4.90 Å². The van der Waals surface area contributed by atoms with E-state index < -0.39 is 15.8 Å². The second kappa shape index (κ2) is 3.18. The first-order chi connectivity index (χ1) is 6.34. The van der Waals surface area contributed by atoms with Crippen LogP contribution in [0.4, 0.5) is 0 Å². The molecule has 1 aliphatic rings. The first-order valence-electron chi connectivity index (χ1n) is 4.85. The number of likely N-dealkylation sites (tertiary alicyclic amines) is 1. The van der Waals surface area contributed by atoms with Gasteiger partial charge >= 0.3 is 0 Å². The molecule has 0 aromatic heterocycles. The SMILES string of the molecule is [B]C1([B])CN(C(C)(C)C)C([B])([B])C1([B])[B]. The van der Waals surface area contributed by atoms with Gasteiger partial charge < -0.3 is 4.90 Å². The van der Waals surface area contributed by atoms with Crippen LogP contribution in [0.5, 0.6) is 0 Å². The molecule has 0 aliphatic carbocycles. The van der Waals surface area contributed by atoms with Crippen LogP contribution in [0.25, 0.3) is 0 Å². The Labute approximate surface area is 101 Å². The van der Waals surface area contributed by atoms with Gasteiger partial charge in [-0.25, -0.2) is 0 Å². The zero-order valence-electron chi connectivity index (χ0n) is 9.62. The van der Waals surface area contributed by atoms with Crippen molar-refractivity contribution in [3.05, 3.63) is 0 Å². The molecule has 0 aromatic rings. The molecule has 1 heterocycles. The van der Waals surface area contributed by atoms with E-state index in [2.05, 4.69) is 0 Å². The molecule has 0 unspecified atom stereocenters. The molecule has 0 spiro atoms. The Morgan fingerprint density at radius 3 is 1.47 bits per heavy atom. The fourth-order valence-electron chi connectivity index (χ4n) is 1.91. The summed E-state index contributed by atoms with van der Waals surface area (Å²) >= 11 is 0. The monoisotopic (exact) mass is 187 g/mol. The van der Waals surface area contributed by atoms with Gasteiger partial charge in [0.2, 0.25) is 0 Å². The van der Waals surface area contributed by atoms with Gasteiger partial charge in [-0.15, -0.1) is 5.21 Å². The van der Waals surface area contributed by atoms with Crippen LogP contribution in [0.3, 0.4) is 0 Å². The van der Waals surface area contributed by atoms with Gasteiger partial charge in [-0.1, -0.05) is 10.6 Å². The molecule has 1 saturated heterocycles. The molecule has 0 amide bonds. The van der Waals surface area contributed by atoms with Crippen molar-refractivity contribution < 1.29 is 0 Å². The summed E-state index contributed by atoms with van der Waals surface area (Å²) in [6, 6.07) is 0. The van der Waals surface area contributed by atoms with E-state index in [0.717, 1.165) is 0 Å². The van der Waals surface area contributed by atoms with E-state index in [0.29, 0.717) is 0 Å². The smallest absolute Gasteiger partial charge is 0.0811 e. The van der Waals surface area contributed by atoms with Crippen molar-refractivity contribution >= 4 is 47.1 Å². The van der Waals surface area contributed by atoms with Crippen LogP contribution in [0, 0.1) is 0 Å². The van der Waals surface area contributed by atoms with Crippen molar-refractivity contribution in [1.82, 2.24) is 4.90 Å². The van der Waals surface area contributed by atoms with Crippen molar-refractivity contribution in [2.24, 2.45) is 0 Å². The van der Waals surface area contributed by atoms with Crippen LogP contribution in [0.1, 0.15) is 20.8 Å². The van der Waals surface area contributed by atoms with E-state index in [9.17, 15) is 0 Å². The number of nitrogens with zero attached hydrogens (tertiary/aromatic N) is 1. The van der Waals surface area contributed by atoms with Gasteiger partial charge in [0.05, 0.1) is 47.1 Å². The molecule has 12 radical (unpaired) electrons. The third-order valence-corrected chi connectivity index (χ3v) is 3.11. The lowest BCUT2D eigenvalue weighted by Crippen LogP contribution is -2.59. The summed E-state index contributed by atoms with van der Waals surface area (Å²) in [7, 11) is 35.3. The zero-order chi connectivity index (χ0) is 12.3. The molecule has 1 rings (SSSR count). The minimum atomic E-state index is -1.55. The first kappa shape index (κ1) is 13.4. The summed E-state index contributed by atoms with van der Waals surface area (Å²) in [5, 5.41) is -4.30. The van der Waals surface area contributed by atoms with Crippen LogP contribution in [-0.4, -0.2) is 69.4 Å². The molecule has 0 atom stereocenters. The summed E-state index contributed by atoms with van der Waals surface area (Å²) in [6.45, 7) is 6.08. The Morgan fingerprint density at radius 2 is 1.33 bits per heavy atom. The fourth-order valence-corrected chi connectivity index (χ4v) is 1.91. The average Bonchev–Trinajstić information content (AvgIpc) is 2.07. The van der Waals surface area contributed by atoms with Gasteiger partial charge in [0.1, 0.15) is 0 Å². The molecular weight excluding hydrogens is 175 g/mol. The normalized spacial score (nSPS) is 29.0. The lowest BCUT2D eigenvalue weighted by Gasteiger charge is -2.51. The summed E-state index contributed by atoms with van der Waals surface area (Å²) in [4.78, 5) is 1.72. The molecule has 0 aromatic carbocycles. The minimum absolute atomic E-state index is 0.247. The van der Waals surface area contributed by atoms with Gasteiger partial charge in [-0.05, 0) is 27.3 Å². The summed E-state index contributed by atoms with van der Waals surface area (Å²) in [6.07, 6.45) is 0. The van der Waals surface area contributed by atoms with Crippen molar-refractivity contribution in [2.75, 3.05) is 6.54 Å². The maximum atomic E-state index is 5.96. The van der Waals surface area contributed by atoms with Crippen molar-refractivity contribution in [2.45, 2.75) is 42.1 Å². The molecule has 1 nitrogen and oxygen atoms in total. The minimum Gasteiger partial charge on any atom is -0.312 e. The quantitative estimate of drug-likeness (QED) is 0.438. The lowest BCUT2D eigenvalue weighted by molar-refractivity contribution is 0.135. The third kappa shape index (κ3) is 1.75. The van der Waals surface area contributed by atoms with Crippen LogP contribution in [0.15, 0.2) is 0 Å². The maximum Gasteiger partial charge on any atom is 0.0811 e. The second-order valence-corrected chi connectivity index (χ2v) is 5.49. The van der Waals surface area contributed by atoms with Crippen LogP contribution in [0.2, 0.25) is 10.4 Å². The molecule has 7 heteroatoms. The lowest BCUT2D eigenvalue weighted by atomic mass is 9.22. The highest BCUT2D eigenvalue weighted by molar-refractivity contribution is 6.62. The molecule has 0 bridgehead atoms. The third-order valence-electron chi connectivity index (χ3n) is 3.11. The Balaban J connectivity index is 3.20. The van der Waals surface area contributed by atoms with E-state index in [4.69, 9.17) is 47.1 Å². The molecular formula is C8H11B6N. The highest BCUT2D eigenvalue weighted by atomic mass is 15.3. The van der Waals surface area contributed by atoms with Gasteiger partial charge in [0.25, 0.3) is 0 Å². The Hall–Kier alpha value is 0.350. The second-order valence-electron chi connectivity index (χ2n) is 5.49. The molecule has 1 fully saturated rings. The molecule has 1 aliphatic heterocycles. The van der Waals surface area contributed by atoms with E-state index in [1.165, 1.54) is 0 Å². The number of hydrogen-bond acceptors (Lipinski definition) is 1. The van der Waals surface area contributed by atoms with Crippen LogP contribution < -0.4 is 0 Å². The van der Waals surface area contributed by atoms with Crippen molar-refractivity contribution in [1.29, 1.82) is 0 Å². The van der Waals surface area contributed by atoms with E-state index in [-0.39, 0.29) is 12.1 Å². The highest BCUT2D eigenvalue weighted by Gasteiger charge is 2.56. The summed E-state index contributed by atoms with van der Waals surface area (Å²) < 4.78 is 0. The van der Waals surface area contributed by atoms with Crippen molar-refractivity contribution in [3.63, 3.8) is 0 Å². The van der Waals surface area contributed by atoms with Gasteiger partial charge in [0.15, 0.2) is 0 Å². The van der Waals surface area contributed by atoms with E-state index >= 15 is 0 Å². The van der Waals surface area contributed by atoms with Crippen LogP contribution in [-0.2, 0) is 0 Å². The van der Waals surface area contributed by atoms with E-state index in [1.807, 2.05) is 20.8 Å². The summed E-state index contributed by atoms with van der Waals surface area (Å²) in [5.74, 6) is 0. The predicted molar refractivity (Wildman–Crippen MR) is 69.1 cm³/mol. The van der Waals surface area contributed by atoms with Crippen molar-refractivity contribution in [3.8, 4) is 0 Å². The Morgan fingerprint density at radius 1 is 0.933 bits per heavy atom. The molecule has 0 saturated carbocycles. The Bertz CT molecular complexity index is 267. The molecule has 0 N–H and O–H groups in total. The summed E-state index contributed by atoms with van der Waals surface area (Å²) in [5.41, 5.74) is -0.312. The zero-order valence-corrected chi connectivity index (χ0v) is 9.62. The number of hydrogen-bond donors (Lipinski definition) is 0. The largest absolute Gasteiger partial charge is 0.312 e. The maximum absolute atomic E-state index is 5.96. The molecule has 66 valence electrons. The Kier molecular flexibility index (Phi) is 2.85.